The number of phenolic OH excluding ortho intramolecular Hbond substituents is 3. The van der Waals surface area contributed by atoms with Crippen LogP contribution in [0.2, 0.25) is 0 Å². The Balaban J connectivity index is 0.000000172. The van der Waals surface area contributed by atoms with Gasteiger partial charge in [-0.3, -0.25) is 19.4 Å². The number of rotatable bonds is 15. The number of benzene rings is 6. The molecule has 0 atom stereocenters. The zero-order valence-corrected chi connectivity index (χ0v) is 40.3. The van der Waals surface area contributed by atoms with Crippen molar-refractivity contribution in [1.82, 2.24) is 9.80 Å². The maximum Gasteiger partial charge on any atom is 0.195 e. The molecule has 0 amide bonds. The van der Waals surface area contributed by atoms with E-state index in [-0.39, 0.29) is 28.8 Å². The lowest BCUT2D eigenvalue weighted by molar-refractivity contribution is 0.103. The van der Waals surface area contributed by atoms with E-state index in [1.54, 1.807) is 61.7 Å². The number of phenols is 3. The number of ketones is 2. The molecule has 0 aliphatic carbocycles. The number of fused-ring (bicyclic) bond motifs is 2. The Morgan fingerprint density at radius 1 is 0.478 bits per heavy atom. The predicted molar refractivity (Wildman–Crippen MR) is 277 cm³/mol. The molecule has 8 aromatic rings. The maximum atomic E-state index is 13.7. The average Bonchev–Trinajstić information content (AvgIpc) is 3.96. The molecular formula is C57H56N2O8S2. The fourth-order valence-corrected chi connectivity index (χ4v) is 11.5. The van der Waals surface area contributed by atoms with Gasteiger partial charge in [-0.2, -0.15) is 0 Å². The number of thiophene rings is 2. The van der Waals surface area contributed by atoms with Crippen molar-refractivity contribution in [1.29, 1.82) is 0 Å². The van der Waals surface area contributed by atoms with Crippen LogP contribution in [0.5, 0.6) is 34.5 Å². The topological polar surface area (TPSA) is 129 Å². The molecule has 2 saturated heterocycles. The number of carbonyl (C=O) groups excluding carboxylic acids is 2. The molecule has 0 saturated carbocycles. The van der Waals surface area contributed by atoms with Crippen molar-refractivity contribution in [2.75, 3.05) is 59.6 Å². The average molecular weight is 961 g/mol. The molecule has 69 heavy (non-hydrogen) atoms. The summed E-state index contributed by atoms with van der Waals surface area (Å²) in [6.07, 6.45) is 7.72. The summed E-state index contributed by atoms with van der Waals surface area (Å²) in [6.45, 7) is 7.73. The maximum absolute atomic E-state index is 13.7. The summed E-state index contributed by atoms with van der Waals surface area (Å²) in [5.74, 6) is 2.68. The molecule has 0 spiro atoms. The van der Waals surface area contributed by atoms with Crippen LogP contribution >= 0.6 is 22.7 Å². The normalized spacial score (nSPS) is 14.3. The number of hydrogen-bond acceptors (Lipinski definition) is 12. The largest absolute Gasteiger partial charge is 0.508 e. The number of nitrogens with zero attached hydrogens (tertiary/aromatic N) is 2. The quantitative estimate of drug-likeness (QED) is 0.0854. The first kappa shape index (κ1) is 47.4. The highest BCUT2D eigenvalue weighted by molar-refractivity contribution is 7.23. The van der Waals surface area contributed by atoms with Crippen LogP contribution in [0.1, 0.15) is 70.4 Å². The summed E-state index contributed by atoms with van der Waals surface area (Å²) in [5.41, 5.74) is 4.22. The highest BCUT2D eigenvalue weighted by atomic mass is 32.1. The Labute approximate surface area is 410 Å². The van der Waals surface area contributed by atoms with Crippen molar-refractivity contribution in [3.8, 4) is 55.4 Å². The smallest absolute Gasteiger partial charge is 0.195 e. The van der Waals surface area contributed by atoms with E-state index < -0.39 is 0 Å². The molecular weight excluding hydrogens is 905 g/mol. The van der Waals surface area contributed by atoms with E-state index >= 15 is 0 Å². The van der Waals surface area contributed by atoms with Gasteiger partial charge in [-0.1, -0.05) is 12.8 Å². The molecule has 4 heterocycles. The molecule has 2 aliphatic heterocycles. The number of aromatic hydroxyl groups is 3. The monoisotopic (exact) mass is 960 g/mol. The van der Waals surface area contributed by atoms with Gasteiger partial charge >= 0.3 is 0 Å². The van der Waals surface area contributed by atoms with E-state index in [0.29, 0.717) is 35.5 Å². The van der Waals surface area contributed by atoms with Gasteiger partial charge in [0, 0.05) is 65.3 Å². The summed E-state index contributed by atoms with van der Waals surface area (Å²) in [6, 6.07) is 39.5. The summed E-state index contributed by atoms with van der Waals surface area (Å²) in [5, 5.41) is 31.3. The summed E-state index contributed by atoms with van der Waals surface area (Å²) in [4.78, 5) is 33.9. The molecule has 3 N–H and O–H groups in total. The summed E-state index contributed by atoms with van der Waals surface area (Å²) < 4.78 is 18.9. The van der Waals surface area contributed by atoms with Crippen molar-refractivity contribution >= 4 is 54.4 Å². The van der Waals surface area contributed by atoms with Crippen LogP contribution in [0, 0.1) is 0 Å². The Morgan fingerprint density at radius 3 is 1.26 bits per heavy atom. The molecule has 354 valence electrons. The highest BCUT2D eigenvalue weighted by Crippen LogP contribution is 2.43. The van der Waals surface area contributed by atoms with Gasteiger partial charge in [0.2, 0.25) is 0 Å². The van der Waals surface area contributed by atoms with Gasteiger partial charge < -0.3 is 29.5 Å². The predicted octanol–water partition coefficient (Wildman–Crippen LogP) is 12.5. The minimum atomic E-state index is -0.0834. The van der Waals surface area contributed by atoms with E-state index in [1.165, 1.54) is 61.2 Å². The van der Waals surface area contributed by atoms with E-state index in [1.807, 2.05) is 78.9 Å². The minimum Gasteiger partial charge on any atom is -0.508 e. The zero-order chi connectivity index (χ0) is 47.7. The van der Waals surface area contributed by atoms with Crippen molar-refractivity contribution in [3.63, 3.8) is 0 Å². The van der Waals surface area contributed by atoms with Crippen LogP contribution in [-0.2, 0) is 0 Å². The molecule has 0 radical (unpaired) electrons. The van der Waals surface area contributed by atoms with Crippen molar-refractivity contribution in [2.24, 2.45) is 0 Å². The van der Waals surface area contributed by atoms with Gasteiger partial charge in [0.05, 0.1) is 7.11 Å². The van der Waals surface area contributed by atoms with E-state index in [0.717, 1.165) is 97.6 Å². The number of ether oxygens (including phenoxy) is 3. The Bertz CT molecular complexity index is 3010. The third kappa shape index (κ3) is 11.4. The van der Waals surface area contributed by atoms with Crippen LogP contribution in [0.15, 0.2) is 133 Å². The van der Waals surface area contributed by atoms with Crippen LogP contribution in [0.3, 0.4) is 0 Å². The van der Waals surface area contributed by atoms with E-state index in [9.17, 15) is 24.9 Å². The Hall–Kier alpha value is -6.70. The first-order valence-corrected chi connectivity index (χ1v) is 25.3. The zero-order valence-electron chi connectivity index (χ0n) is 38.7. The molecule has 10 rings (SSSR count). The third-order valence-corrected chi connectivity index (χ3v) is 15.2. The molecule has 0 unspecified atom stereocenters. The molecule has 2 fully saturated rings. The van der Waals surface area contributed by atoms with Crippen LogP contribution < -0.4 is 14.2 Å². The van der Waals surface area contributed by atoms with Gasteiger partial charge in [-0.25, -0.2) is 0 Å². The first-order valence-electron chi connectivity index (χ1n) is 23.7. The lowest BCUT2D eigenvalue weighted by Crippen LogP contribution is -2.33. The summed E-state index contributed by atoms with van der Waals surface area (Å²) >= 11 is 2.96. The minimum absolute atomic E-state index is 0.0485. The number of methoxy groups -OCH3 is 1. The number of likely N-dealkylation sites (tertiary alicyclic amines) is 2. The first-order chi connectivity index (χ1) is 33.7. The third-order valence-electron chi connectivity index (χ3n) is 12.8. The van der Waals surface area contributed by atoms with Crippen LogP contribution in [0.4, 0.5) is 0 Å². The fourth-order valence-electron chi connectivity index (χ4n) is 9.03. The molecule has 6 aromatic carbocycles. The molecule has 12 heteroatoms. The van der Waals surface area contributed by atoms with Crippen LogP contribution in [-0.4, -0.2) is 96.3 Å². The van der Waals surface area contributed by atoms with Gasteiger partial charge in [0.15, 0.2) is 11.6 Å². The Morgan fingerprint density at radius 2 is 0.855 bits per heavy atom. The van der Waals surface area contributed by atoms with Gasteiger partial charge in [-0.15, -0.1) is 22.7 Å². The summed E-state index contributed by atoms with van der Waals surface area (Å²) in [7, 11) is 1.63. The molecule has 10 nitrogen and oxygen atoms in total. The van der Waals surface area contributed by atoms with E-state index in [4.69, 9.17) is 14.2 Å². The standard InChI is InChI=1S/C29H29NO4S.C28H27NO4S/c1-33-23-10-7-21(8-11-23)29-27(25-14-9-22(31)19-26(25)35-29)28(32)20-5-12-24(13-6-20)34-18-17-30-15-3-2-4-16-30;30-21-8-4-20(5-9-21)28-26(24-13-10-22(31)18-25(24)34-28)27(32)19-6-11-23(12-7-19)33-17-16-29-14-2-1-3-15-29/h5-14,19,31H,2-4,15-18H2,1H3;4-13,18,30-31H,1-3,14-17H2. The molecule has 2 aliphatic rings. The van der Waals surface area contributed by atoms with E-state index in [2.05, 4.69) is 9.80 Å². The highest BCUT2D eigenvalue weighted by Gasteiger charge is 2.24. The Kier molecular flexibility index (Phi) is 15.2. The second-order valence-electron chi connectivity index (χ2n) is 17.5. The fraction of sp³-hybridized carbons (Fsp3) is 0.263. The van der Waals surface area contributed by atoms with Gasteiger partial charge in [0.1, 0.15) is 47.7 Å². The molecule has 0 bridgehead atoms. The van der Waals surface area contributed by atoms with Crippen molar-refractivity contribution < 1.29 is 39.1 Å². The second kappa shape index (κ2) is 22.2. The molecule has 2 aromatic heterocycles. The second-order valence-corrected chi connectivity index (χ2v) is 19.6. The van der Waals surface area contributed by atoms with Gasteiger partial charge in [-0.05, 0) is 196 Å². The number of carbonyl (C=O) groups is 2. The number of hydrogen-bond donors (Lipinski definition) is 3. The SMILES string of the molecule is COc1ccc(-c2sc3cc(O)ccc3c2C(=O)c2ccc(OCCN3CCCCC3)cc2)cc1.O=C(c1ccc(OCCN2CCCCC2)cc1)c1c(-c2ccc(O)cc2)sc2cc(O)ccc12. The van der Waals surface area contributed by atoms with Crippen molar-refractivity contribution in [2.45, 2.75) is 38.5 Å². The lowest BCUT2D eigenvalue weighted by atomic mass is 9.97. The van der Waals surface area contributed by atoms with Crippen LogP contribution in [0.25, 0.3) is 41.1 Å². The number of piperidine rings is 2. The van der Waals surface area contributed by atoms with Gasteiger partial charge in [0.25, 0.3) is 0 Å². The van der Waals surface area contributed by atoms with Crippen molar-refractivity contribution in [3.05, 3.63) is 156 Å². The lowest BCUT2D eigenvalue weighted by Gasteiger charge is -2.26.